The van der Waals surface area contributed by atoms with Crippen LogP contribution >= 0.6 is 0 Å². The van der Waals surface area contributed by atoms with E-state index in [9.17, 15) is 59.4 Å². The first-order valence-corrected chi connectivity index (χ1v) is 31.4. The minimum Gasteiger partial charge on any atom is -0.507 e. The molecule has 6 aliphatic rings. The van der Waals surface area contributed by atoms with E-state index < -0.39 is 134 Å². The Bertz CT molecular complexity index is 4000. The Morgan fingerprint density at radius 3 is 2.10 bits per heavy atom. The van der Waals surface area contributed by atoms with Crippen molar-refractivity contribution in [3.8, 4) is 23.0 Å². The Kier molecular flexibility index (Phi) is 22.5. The number of amides is 2. The van der Waals surface area contributed by atoms with Crippen LogP contribution in [0.2, 0.25) is 0 Å². The molecule has 5 aromatic rings. The molecule has 518 valence electrons. The number of halogens is 2. The van der Waals surface area contributed by atoms with E-state index in [1.54, 1.807) is 49.8 Å². The highest BCUT2D eigenvalue weighted by Crippen LogP contribution is 2.55. The quantitative estimate of drug-likeness (QED) is 0.0280. The summed E-state index contributed by atoms with van der Waals surface area (Å²) in [7, 11) is 3.42. The molecule has 0 radical (unpaired) electrons. The van der Waals surface area contributed by atoms with Crippen LogP contribution in [0.5, 0.6) is 23.0 Å². The molecule has 0 unspecified atom stereocenters. The Balaban J connectivity index is 0.000000259. The number of aromatic hydroxyl groups is 3. The molecule has 2 amide bonds. The number of Topliss-reactive ketones (excluding diaryl/α,β-unsaturated/α-hetero) is 1. The Labute approximate surface area is 552 Å². The van der Waals surface area contributed by atoms with Crippen LogP contribution in [0.4, 0.5) is 25.8 Å². The number of anilines is 3. The molecule has 11 atom stereocenters. The number of aliphatic hydroxyl groups is 2. The van der Waals surface area contributed by atoms with E-state index in [0.717, 1.165) is 32.1 Å². The summed E-state index contributed by atoms with van der Waals surface area (Å²) in [6.45, 7) is 19.7. The molecule has 5 bridgehead atoms. The number of ether oxygens (including phenoxy) is 4. The highest BCUT2D eigenvalue weighted by atomic mass is 19.1. The summed E-state index contributed by atoms with van der Waals surface area (Å²) in [4.78, 5) is 85.9. The van der Waals surface area contributed by atoms with Gasteiger partial charge in [-0.1, -0.05) is 45.9 Å². The molecule has 96 heavy (non-hydrogen) atoms. The second-order valence-corrected chi connectivity index (χ2v) is 25.4. The fourth-order valence-electron chi connectivity index (χ4n) is 12.5. The van der Waals surface area contributed by atoms with Gasteiger partial charge in [0.15, 0.2) is 17.4 Å². The van der Waals surface area contributed by atoms with Crippen LogP contribution in [0.1, 0.15) is 124 Å². The number of hydrogen-bond acceptors (Lipinski definition) is 23. The van der Waals surface area contributed by atoms with Crippen LogP contribution in [-0.2, 0) is 23.8 Å². The number of aliphatic hydroxyl groups excluding tert-OH is 2. The molecule has 29 heteroatoms. The van der Waals surface area contributed by atoms with Gasteiger partial charge in [0.2, 0.25) is 5.43 Å². The highest BCUT2D eigenvalue weighted by Gasteiger charge is 2.50. The molecule has 1 saturated carbocycles. The van der Waals surface area contributed by atoms with Crippen molar-refractivity contribution >= 4 is 74.5 Å². The van der Waals surface area contributed by atoms with Crippen molar-refractivity contribution in [1.82, 2.24) is 29.8 Å². The van der Waals surface area contributed by atoms with Crippen molar-refractivity contribution in [3.63, 3.8) is 0 Å². The molecule has 3 fully saturated rings. The largest absolute Gasteiger partial charge is 0.507 e. The third-order valence-electron chi connectivity index (χ3n) is 18.1. The van der Waals surface area contributed by atoms with Crippen molar-refractivity contribution in [2.75, 3.05) is 69.4 Å². The number of nitrogen functional groups attached to an aromatic ring is 1. The number of nitrogens with one attached hydrogen (secondary N) is 2. The van der Waals surface area contributed by atoms with Crippen molar-refractivity contribution in [3.05, 3.63) is 111 Å². The van der Waals surface area contributed by atoms with Gasteiger partial charge in [-0.2, -0.15) is 5.10 Å². The number of pyridine rings is 1. The molecule has 12 N–H and O–H groups in total. The van der Waals surface area contributed by atoms with Crippen molar-refractivity contribution < 1.29 is 82.3 Å². The number of hydrazone groups is 1. The Morgan fingerprint density at radius 2 is 1.53 bits per heavy atom. The number of methoxy groups -OCH3 is 1. The molecule has 1 aliphatic carbocycles. The van der Waals surface area contributed by atoms with Crippen LogP contribution in [0.3, 0.4) is 0 Å². The number of nitrogens with zero attached hydrogens (tertiary/aromatic N) is 7. The van der Waals surface area contributed by atoms with E-state index in [2.05, 4.69) is 30.6 Å². The molecule has 2 saturated heterocycles. The highest BCUT2D eigenvalue weighted by molar-refractivity contribution is 6.24. The maximum Gasteiger partial charge on any atom is 0.341 e. The molecule has 27 nitrogen and oxygen atoms in total. The van der Waals surface area contributed by atoms with Gasteiger partial charge < -0.3 is 86.1 Å². The van der Waals surface area contributed by atoms with Crippen molar-refractivity contribution in [1.29, 1.82) is 0 Å². The average molecular weight is 1340 g/mol. The van der Waals surface area contributed by atoms with Crippen LogP contribution in [0.15, 0.2) is 70.8 Å². The van der Waals surface area contributed by atoms with E-state index in [4.69, 9.17) is 30.4 Å². The molecule has 2 aromatic heterocycles. The van der Waals surface area contributed by atoms with Crippen molar-refractivity contribution in [2.45, 2.75) is 130 Å². The topological polar surface area (TPSA) is 390 Å². The lowest BCUT2D eigenvalue weighted by molar-refractivity contribution is -0.160. The van der Waals surface area contributed by atoms with Crippen LogP contribution in [-0.4, -0.2) is 187 Å². The maximum absolute atomic E-state index is 15.6. The van der Waals surface area contributed by atoms with E-state index >= 15 is 8.78 Å². The number of piperazine rings is 2. The number of ketones is 1. The number of carbonyl (C=O) groups excluding carboxylic acids is 4. The fraction of sp³-hybridized carbons (Fsp3) is 0.478. The van der Waals surface area contributed by atoms with Gasteiger partial charge in [0, 0.05) is 137 Å². The number of aromatic nitrogens is 3. The molecule has 7 heterocycles. The van der Waals surface area contributed by atoms with Gasteiger partial charge in [0.25, 0.3) is 17.6 Å². The second kappa shape index (κ2) is 29.8. The number of carboxylic acids is 1. The summed E-state index contributed by atoms with van der Waals surface area (Å²) < 4.78 is 55.8. The maximum atomic E-state index is 15.6. The first-order chi connectivity index (χ1) is 45.2. The van der Waals surface area contributed by atoms with Crippen LogP contribution in [0.25, 0.3) is 21.7 Å². The van der Waals surface area contributed by atoms with E-state index in [1.807, 2.05) is 20.9 Å². The number of phenolic OH excluding ortho intramolecular Hbond substituents is 3. The fourth-order valence-corrected chi connectivity index (χ4v) is 12.5. The predicted molar refractivity (Wildman–Crippen MR) is 353 cm³/mol. The summed E-state index contributed by atoms with van der Waals surface area (Å²) in [5.41, 5.74) is 8.25. The van der Waals surface area contributed by atoms with Gasteiger partial charge in [0.1, 0.15) is 40.3 Å². The summed E-state index contributed by atoms with van der Waals surface area (Å²) in [6, 6.07) is -0.103. The van der Waals surface area contributed by atoms with Crippen molar-refractivity contribution in [2.24, 2.45) is 34.5 Å². The lowest BCUT2D eigenvalue weighted by Crippen LogP contribution is -2.54. The Morgan fingerprint density at radius 1 is 0.875 bits per heavy atom. The number of primary amides is 1. The lowest BCUT2D eigenvalue weighted by atomic mass is 9.78. The summed E-state index contributed by atoms with van der Waals surface area (Å²) in [5, 5.41) is 79.1. The zero-order valence-corrected chi connectivity index (χ0v) is 55.6. The number of carbonyl (C=O) groups is 5. The number of benzene rings is 3. The average Bonchev–Trinajstić information content (AvgIpc) is 1.44. The minimum absolute atomic E-state index is 0.0134. The number of rotatable bonds is 8. The number of allylic oxidation sites excluding steroid dienone is 2. The number of hydrogen-bond donors (Lipinski definition) is 10. The normalized spacial score (nSPS) is 27.1. The monoisotopic (exact) mass is 1340 g/mol. The molecular weight excluding hydrogens is 1250 g/mol. The number of fused-ring (bicyclic) bond motifs is 15. The second-order valence-electron chi connectivity index (χ2n) is 25.4. The molecule has 3 aromatic carbocycles. The number of esters is 1. The standard InChI is InChI=1S/C43H58N4O12.C19H22F2N4O3.C5H5N3O/c1-21-12-11-13-22(2)42(55)45-33-28(20-44-47-17-15-46(9)16-18-47)37(52)30-31(38(33)53)36(51)26(6)40-32(30)41(54)43(8,59-40)57-19-14-29(56-10)23(3)39(58-27(7)48)25(5)35(50)24(4)34(21)49;1-8-5-24(6-9(2)23-8)17-13(20)15(22)12-16(14(17)21)25(10-3-4-10)7-11(18(12)26)19(27)28;6-5(9)4-3-7-1-2-8-4/h11-14,19-21,23-25,29,34-35,39,49-53H,15-18H2,1-10H3,(H,45,55);7-10,23H,3-6,22H2,1-2H3,(H,27,28);1-3H,(H2,6,9)/b12-11+,19-14+,22-13-,44-20-;;/t21-,23-,24-,25-,29+,34+,35+,39-,43+;8-,9+;/m1../s1. The van der Waals surface area contributed by atoms with E-state index in [0.29, 0.717) is 26.2 Å². The van der Waals surface area contributed by atoms with Gasteiger partial charge in [-0.3, -0.25) is 34.0 Å². The zero-order chi connectivity index (χ0) is 70.7. The molecule has 0 spiro atoms. The van der Waals surface area contributed by atoms with E-state index in [1.165, 1.54) is 82.6 Å². The van der Waals surface area contributed by atoms with Crippen LogP contribution in [0, 0.1) is 42.2 Å². The number of nitrogens with two attached hydrogens (primary N) is 2. The first kappa shape index (κ1) is 72.5. The van der Waals surface area contributed by atoms with E-state index in [-0.39, 0.29) is 79.5 Å². The number of carboxylic acid groups (broad SMARTS) is 1. The molecular formula is C67H85F2N11O16. The van der Waals surface area contributed by atoms with Gasteiger partial charge in [-0.25, -0.2) is 18.6 Å². The predicted octanol–water partition coefficient (Wildman–Crippen LogP) is 5.99. The minimum atomic E-state index is -2.04. The molecule has 11 rings (SSSR count). The lowest BCUT2D eigenvalue weighted by Gasteiger charge is -2.38. The summed E-state index contributed by atoms with van der Waals surface area (Å²) in [5.74, 6) is -12.2. The number of aromatic carboxylic acids is 1. The van der Waals surface area contributed by atoms with Gasteiger partial charge in [-0.05, 0) is 53.7 Å². The van der Waals surface area contributed by atoms with Gasteiger partial charge in [-0.15, -0.1) is 0 Å². The third kappa shape index (κ3) is 15.0. The van der Waals surface area contributed by atoms with Gasteiger partial charge >= 0.3 is 17.7 Å². The summed E-state index contributed by atoms with van der Waals surface area (Å²) in [6.07, 6.45) is 11.7. The third-order valence-corrected chi connectivity index (χ3v) is 18.1. The first-order valence-electron chi connectivity index (χ1n) is 31.4. The SMILES string of the molecule is CO[C@H]1/C=C/O[C@@]2(C)Oc3c(C)c(O)c4c(O)c(c(/C=N\N5CCN(C)CC5)c(O)c4c3C2=O)NC(=O)/C(C)=C\C=C\[C@@H](C)[C@H](O)[C@@H](C)[C@H](O)[C@@H](C)[C@H](OC(C)=O)[C@@H]1C.C[C@@H]1CN(c2c(F)c(N)c3c(=O)c(C(=O)O)cn(C4CC4)c3c2F)C[C@H](C)N1.NC(=O)c1cnccn1. The van der Waals surface area contributed by atoms with Crippen LogP contribution < -0.4 is 37.2 Å². The Hall–Kier alpha value is -9.29. The van der Waals surface area contributed by atoms with Gasteiger partial charge in [0.05, 0.1) is 75.8 Å². The number of phenols is 3. The molecule has 5 aliphatic heterocycles. The zero-order valence-electron chi connectivity index (χ0n) is 55.6. The number of likely N-dealkylation sites (N-methyl/N-ethyl adjacent to an activating group) is 1. The summed E-state index contributed by atoms with van der Waals surface area (Å²) >= 11 is 0. The smallest absolute Gasteiger partial charge is 0.341 e.